The maximum Gasteiger partial charge on any atom is 0.499 e. The molecular formula is C10H5BrF6O4S3. The number of thiophene rings is 1. The summed E-state index contributed by atoms with van der Waals surface area (Å²) >= 11 is 3.28. The third-order valence-electron chi connectivity index (χ3n) is 3.29. The summed E-state index contributed by atoms with van der Waals surface area (Å²) in [5.74, 6) is 0. The van der Waals surface area contributed by atoms with E-state index < -0.39 is 46.8 Å². The Labute approximate surface area is 144 Å². The third kappa shape index (κ3) is 2.36. The highest BCUT2D eigenvalue weighted by Gasteiger charge is 2.77. The summed E-state index contributed by atoms with van der Waals surface area (Å²) in [6, 6.07) is 2.27. The standard InChI is InChI=1S/C10H5BrF6O4S3/c11-5-4-8(23(18,19)9(12,13)14,24(20,21)10(15,16)17)7(5)6-2-1-3-22-6/h1-3H,4H2. The number of hydrogen-bond donors (Lipinski definition) is 0. The smallest absolute Gasteiger partial charge is 0.217 e. The van der Waals surface area contributed by atoms with Gasteiger partial charge in [0.05, 0.1) is 0 Å². The van der Waals surface area contributed by atoms with Crippen molar-refractivity contribution in [3.05, 3.63) is 26.9 Å². The Balaban J connectivity index is 2.93. The van der Waals surface area contributed by atoms with Gasteiger partial charge < -0.3 is 0 Å². The predicted molar refractivity (Wildman–Crippen MR) is 77.5 cm³/mol. The molecule has 0 N–H and O–H groups in total. The predicted octanol–water partition coefficient (Wildman–Crippen LogP) is 3.82. The molecule has 0 aliphatic heterocycles. The lowest BCUT2D eigenvalue weighted by molar-refractivity contribution is -0.0484. The Kier molecular flexibility index (Phi) is 4.48. The fraction of sp³-hybridized carbons (Fsp3) is 0.400. The molecule has 1 aromatic rings. The van der Waals surface area contributed by atoms with Gasteiger partial charge in [-0.15, -0.1) is 11.3 Å². The highest BCUT2D eigenvalue weighted by molar-refractivity contribution is 9.12. The Morgan fingerprint density at radius 1 is 1.00 bits per heavy atom. The summed E-state index contributed by atoms with van der Waals surface area (Å²) in [6.07, 6.45) is -1.48. The minimum Gasteiger partial charge on any atom is -0.217 e. The van der Waals surface area contributed by atoms with Crippen LogP contribution in [-0.4, -0.2) is 31.9 Å². The topological polar surface area (TPSA) is 68.3 Å². The van der Waals surface area contributed by atoms with Crippen LogP contribution in [0, 0.1) is 0 Å². The quantitative estimate of drug-likeness (QED) is 0.619. The first-order valence-corrected chi connectivity index (χ1v) is 10.3. The zero-order valence-electron chi connectivity index (χ0n) is 10.9. The summed E-state index contributed by atoms with van der Waals surface area (Å²) in [4.78, 5) is -0.325. The Bertz CT molecular complexity index is 849. The maximum absolute atomic E-state index is 13.0. The van der Waals surface area contributed by atoms with E-state index in [1.54, 1.807) is 0 Å². The normalized spacial score (nSPS) is 19.3. The van der Waals surface area contributed by atoms with Crippen LogP contribution < -0.4 is 0 Å². The fourth-order valence-corrected chi connectivity index (χ4v) is 9.09. The van der Waals surface area contributed by atoms with Gasteiger partial charge in [0, 0.05) is 21.4 Å². The Morgan fingerprint density at radius 2 is 1.46 bits per heavy atom. The number of hydrogen-bond acceptors (Lipinski definition) is 5. The number of sulfone groups is 2. The second-order valence-corrected chi connectivity index (χ2v) is 11.1. The first-order valence-electron chi connectivity index (χ1n) is 5.66. The van der Waals surface area contributed by atoms with Gasteiger partial charge in [0.2, 0.25) is 4.08 Å². The van der Waals surface area contributed by atoms with Crippen LogP contribution in [0.5, 0.6) is 0 Å². The van der Waals surface area contributed by atoms with Gasteiger partial charge in [-0.2, -0.15) is 26.3 Å². The van der Waals surface area contributed by atoms with E-state index in [1.165, 1.54) is 11.4 Å². The second kappa shape index (κ2) is 5.45. The van der Waals surface area contributed by atoms with Gasteiger partial charge in [0.25, 0.3) is 19.7 Å². The lowest BCUT2D eigenvalue weighted by Crippen LogP contribution is -2.60. The van der Waals surface area contributed by atoms with Crippen LogP contribution in [0.25, 0.3) is 5.57 Å². The summed E-state index contributed by atoms with van der Waals surface area (Å²) in [7, 11) is -13.5. The Hall–Kier alpha value is -0.600. The van der Waals surface area contributed by atoms with Crippen LogP contribution >= 0.6 is 27.3 Å². The van der Waals surface area contributed by atoms with Crippen LogP contribution in [0.1, 0.15) is 11.3 Å². The van der Waals surface area contributed by atoms with E-state index in [0.717, 1.165) is 6.07 Å². The monoisotopic (exact) mass is 478 g/mol. The molecule has 2 rings (SSSR count). The van der Waals surface area contributed by atoms with Crippen molar-refractivity contribution in [3.63, 3.8) is 0 Å². The number of alkyl halides is 6. The van der Waals surface area contributed by atoms with Crippen molar-refractivity contribution < 1.29 is 43.2 Å². The molecule has 0 saturated heterocycles. The molecule has 0 saturated carbocycles. The van der Waals surface area contributed by atoms with Gasteiger partial charge in [-0.3, -0.25) is 0 Å². The molecule has 4 nitrogen and oxygen atoms in total. The molecule has 0 amide bonds. The van der Waals surface area contributed by atoms with Gasteiger partial charge >= 0.3 is 11.0 Å². The molecular weight excluding hydrogens is 474 g/mol. The number of rotatable bonds is 3. The summed E-state index contributed by atoms with van der Waals surface area (Å²) in [6.45, 7) is 0. The summed E-state index contributed by atoms with van der Waals surface area (Å²) in [5.41, 5.74) is -13.4. The third-order valence-corrected chi connectivity index (χ3v) is 9.82. The van der Waals surface area contributed by atoms with E-state index >= 15 is 0 Å². The van der Waals surface area contributed by atoms with Gasteiger partial charge in [-0.05, 0) is 11.4 Å². The molecule has 1 aliphatic carbocycles. The van der Waals surface area contributed by atoms with Crippen LogP contribution in [0.4, 0.5) is 26.3 Å². The summed E-state index contributed by atoms with van der Waals surface area (Å²) < 4.78 is 121. The first kappa shape index (κ1) is 19.7. The maximum atomic E-state index is 13.0. The van der Waals surface area contributed by atoms with E-state index in [2.05, 4.69) is 15.9 Å². The van der Waals surface area contributed by atoms with E-state index in [0.29, 0.717) is 11.3 Å². The SMILES string of the molecule is O=S(=O)(C(F)(F)F)C1(S(=O)(=O)C(F)(F)F)CC(Br)=C1c1cccs1. The van der Waals surface area contributed by atoms with Crippen LogP contribution in [0.15, 0.2) is 22.0 Å². The molecule has 24 heavy (non-hydrogen) atoms. The highest BCUT2D eigenvalue weighted by atomic mass is 79.9. The van der Waals surface area contributed by atoms with E-state index in [-0.39, 0.29) is 9.36 Å². The average molecular weight is 479 g/mol. The molecule has 0 fully saturated rings. The fourth-order valence-electron chi connectivity index (χ4n) is 2.20. The largest absolute Gasteiger partial charge is 0.499 e. The van der Waals surface area contributed by atoms with Gasteiger partial charge in [-0.1, -0.05) is 22.0 Å². The zero-order valence-corrected chi connectivity index (χ0v) is 15.0. The molecule has 0 bridgehead atoms. The van der Waals surface area contributed by atoms with Crippen molar-refractivity contribution in [2.45, 2.75) is 21.5 Å². The summed E-state index contributed by atoms with van der Waals surface area (Å²) in [5, 5.41) is 1.26. The van der Waals surface area contributed by atoms with E-state index in [9.17, 15) is 43.2 Å². The number of halogens is 7. The molecule has 0 aromatic carbocycles. The van der Waals surface area contributed by atoms with Crippen molar-refractivity contribution >= 4 is 52.5 Å². The molecule has 0 spiro atoms. The van der Waals surface area contributed by atoms with Crippen molar-refractivity contribution in [2.75, 3.05) is 0 Å². The minimum absolute atomic E-state index is 0.325. The van der Waals surface area contributed by atoms with Gasteiger partial charge in [-0.25, -0.2) is 16.8 Å². The Morgan fingerprint density at radius 3 is 1.75 bits per heavy atom. The molecule has 14 heteroatoms. The van der Waals surface area contributed by atoms with Crippen molar-refractivity contribution in [3.8, 4) is 0 Å². The lowest BCUT2D eigenvalue weighted by atomic mass is 9.95. The zero-order chi connectivity index (χ0) is 18.8. The number of allylic oxidation sites excluding steroid dienone is 1. The first-order chi connectivity index (χ1) is 10.6. The minimum atomic E-state index is -6.74. The van der Waals surface area contributed by atoms with Crippen molar-refractivity contribution in [2.24, 2.45) is 0 Å². The molecule has 136 valence electrons. The lowest BCUT2D eigenvalue weighted by Gasteiger charge is -2.42. The molecule has 1 heterocycles. The molecule has 1 aromatic heterocycles. The van der Waals surface area contributed by atoms with Crippen molar-refractivity contribution in [1.29, 1.82) is 0 Å². The van der Waals surface area contributed by atoms with Gasteiger partial charge in [0.15, 0.2) is 0 Å². The van der Waals surface area contributed by atoms with Gasteiger partial charge in [0.1, 0.15) is 0 Å². The highest BCUT2D eigenvalue weighted by Crippen LogP contribution is 2.61. The molecule has 0 atom stereocenters. The van der Waals surface area contributed by atoms with Crippen molar-refractivity contribution in [1.82, 2.24) is 0 Å². The van der Waals surface area contributed by atoms with E-state index in [1.807, 2.05) is 0 Å². The molecule has 0 radical (unpaired) electrons. The molecule has 0 unspecified atom stereocenters. The van der Waals surface area contributed by atoms with Crippen LogP contribution in [0.2, 0.25) is 0 Å². The van der Waals surface area contributed by atoms with Crippen LogP contribution in [0.3, 0.4) is 0 Å². The average Bonchev–Trinajstić information content (AvgIpc) is 2.85. The second-order valence-electron chi connectivity index (χ2n) is 4.59. The van der Waals surface area contributed by atoms with Crippen LogP contribution in [-0.2, 0) is 19.7 Å². The molecule has 1 aliphatic rings. The van der Waals surface area contributed by atoms with E-state index in [4.69, 9.17) is 0 Å².